The number of halogens is 2. The van der Waals surface area contributed by atoms with Crippen molar-refractivity contribution in [2.24, 2.45) is 0 Å². The predicted molar refractivity (Wildman–Crippen MR) is 93.7 cm³/mol. The third-order valence-electron chi connectivity index (χ3n) is 4.32. The fourth-order valence-corrected chi connectivity index (χ4v) is 3.20. The van der Waals surface area contributed by atoms with Crippen molar-refractivity contribution >= 4 is 54.9 Å². The van der Waals surface area contributed by atoms with Crippen LogP contribution in [0.3, 0.4) is 0 Å². The van der Waals surface area contributed by atoms with Crippen LogP contribution in [0, 0.1) is 0 Å². The molecule has 27 heavy (non-hydrogen) atoms. The molecule has 4 nitrogen and oxygen atoms in total. The van der Waals surface area contributed by atoms with Gasteiger partial charge in [-0.3, -0.25) is 0 Å². The number of carbonyl (C=O) groups is 1. The van der Waals surface area contributed by atoms with E-state index in [0.717, 1.165) is 16.7 Å². The Bertz CT molecular complexity index is 882. The van der Waals surface area contributed by atoms with E-state index >= 15 is 0 Å². The van der Waals surface area contributed by atoms with Gasteiger partial charge in [-0.15, -0.1) is 0 Å². The quantitative estimate of drug-likeness (QED) is 0.280. The van der Waals surface area contributed by atoms with Gasteiger partial charge in [0.05, 0.1) is 5.56 Å². The summed E-state index contributed by atoms with van der Waals surface area (Å²) in [5.74, 6) is -0.124. The molecule has 134 valence electrons. The van der Waals surface area contributed by atoms with Gasteiger partial charge in [0, 0.05) is 16.7 Å². The standard InChI is InChI=1S/C20H14O4.Ba.2ClH/c21-15-9-5-13(6-10-15)20(14-7-11-16(22)12-8-14)18-4-2-1-3-17(18)19(23)24-20;;;/h1-12,21-22H;;2*1H/q;+2;;/p-2. The molecule has 0 amide bonds. The molecule has 7 heteroatoms. The van der Waals surface area contributed by atoms with Crippen LogP contribution in [-0.2, 0) is 10.3 Å². The Morgan fingerprint density at radius 1 is 0.704 bits per heavy atom. The smallest absolute Gasteiger partial charge is 1.00 e. The van der Waals surface area contributed by atoms with E-state index in [2.05, 4.69) is 0 Å². The fraction of sp³-hybridized carbons (Fsp3) is 0.0500. The Kier molecular flexibility index (Phi) is 8.32. The number of hydrogen-bond acceptors (Lipinski definition) is 4. The average molecular weight is 527 g/mol. The zero-order valence-electron chi connectivity index (χ0n) is 14.1. The molecular formula is C20H14BaCl2O4. The van der Waals surface area contributed by atoms with Crippen LogP contribution < -0.4 is 24.8 Å². The van der Waals surface area contributed by atoms with Crippen LogP contribution in [0.1, 0.15) is 27.0 Å². The predicted octanol–water partition coefficient (Wildman–Crippen LogP) is -2.81. The van der Waals surface area contributed by atoms with E-state index in [1.165, 1.54) is 0 Å². The van der Waals surface area contributed by atoms with E-state index in [4.69, 9.17) is 4.74 Å². The minimum Gasteiger partial charge on any atom is -1.00 e. The molecular weight excluding hydrogens is 512 g/mol. The summed E-state index contributed by atoms with van der Waals surface area (Å²) in [5, 5.41) is 19.2. The second kappa shape index (κ2) is 9.39. The van der Waals surface area contributed by atoms with Crippen LogP contribution in [0.15, 0.2) is 72.8 Å². The number of benzene rings is 3. The monoisotopic (exact) mass is 526 g/mol. The molecule has 0 aliphatic carbocycles. The molecule has 0 saturated carbocycles. The van der Waals surface area contributed by atoms with E-state index < -0.39 is 11.6 Å². The molecule has 1 heterocycles. The van der Waals surface area contributed by atoms with Gasteiger partial charge in [-0.25, -0.2) is 4.79 Å². The third kappa shape index (κ3) is 4.03. The number of rotatable bonds is 2. The van der Waals surface area contributed by atoms with Crippen LogP contribution in [0.2, 0.25) is 0 Å². The molecule has 0 spiro atoms. The minimum atomic E-state index is -1.10. The van der Waals surface area contributed by atoms with Crippen molar-refractivity contribution in [3.63, 3.8) is 0 Å². The van der Waals surface area contributed by atoms with Gasteiger partial charge in [0.2, 0.25) is 0 Å². The van der Waals surface area contributed by atoms with E-state index in [0.29, 0.717) is 5.56 Å². The van der Waals surface area contributed by atoms with Gasteiger partial charge in [0.1, 0.15) is 11.5 Å². The number of cyclic esters (lactones) is 1. The molecule has 0 atom stereocenters. The largest absolute Gasteiger partial charge is 2.00 e. The Labute approximate surface area is 209 Å². The Morgan fingerprint density at radius 2 is 1.15 bits per heavy atom. The Hall–Kier alpha value is -1.12. The van der Waals surface area contributed by atoms with Crippen LogP contribution in [0.5, 0.6) is 11.5 Å². The molecule has 1 aliphatic rings. The number of esters is 1. The molecule has 0 bridgehead atoms. The minimum absolute atomic E-state index is 0. The van der Waals surface area contributed by atoms with Crippen molar-refractivity contribution in [1.82, 2.24) is 0 Å². The van der Waals surface area contributed by atoms with Gasteiger partial charge in [-0.2, -0.15) is 0 Å². The number of hydrogen-bond donors (Lipinski definition) is 2. The number of fused-ring (bicyclic) bond motifs is 1. The van der Waals surface area contributed by atoms with E-state index in [1.54, 1.807) is 60.7 Å². The van der Waals surface area contributed by atoms with Crippen molar-refractivity contribution in [1.29, 1.82) is 0 Å². The molecule has 0 unspecified atom stereocenters. The van der Waals surface area contributed by atoms with E-state index in [9.17, 15) is 15.0 Å². The van der Waals surface area contributed by atoms with Crippen LogP contribution in [0.4, 0.5) is 0 Å². The van der Waals surface area contributed by atoms with Gasteiger partial charge in [-0.05, 0) is 30.3 Å². The summed E-state index contributed by atoms with van der Waals surface area (Å²) in [6.07, 6.45) is 0. The first-order chi connectivity index (χ1) is 11.6. The third-order valence-corrected chi connectivity index (χ3v) is 4.32. The normalized spacial score (nSPS) is 13.3. The maximum absolute atomic E-state index is 12.4. The summed E-state index contributed by atoms with van der Waals surface area (Å²) in [6.45, 7) is 0. The van der Waals surface area contributed by atoms with Gasteiger partial charge in [-0.1, -0.05) is 42.5 Å². The topological polar surface area (TPSA) is 66.8 Å². The molecule has 0 radical (unpaired) electrons. The van der Waals surface area contributed by atoms with Gasteiger partial charge < -0.3 is 39.8 Å². The second-order valence-corrected chi connectivity index (χ2v) is 5.71. The molecule has 0 saturated heterocycles. The van der Waals surface area contributed by atoms with Gasteiger partial charge in [0.15, 0.2) is 5.60 Å². The molecule has 4 rings (SSSR count). The zero-order valence-corrected chi connectivity index (χ0v) is 20.1. The number of phenolic OH excluding ortho intramolecular Hbond substituents is 2. The first-order valence-corrected chi connectivity index (χ1v) is 7.53. The summed E-state index contributed by atoms with van der Waals surface area (Å²) in [5.41, 5.74) is 1.60. The molecule has 0 aromatic heterocycles. The van der Waals surface area contributed by atoms with Gasteiger partial charge in [0.25, 0.3) is 0 Å². The number of phenols is 2. The van der Waals surface area contributed by atoms with Crippen molar-refractivity contribution < 1.29 is 44.6 Å². The Morgan fingerprint density at radius 3 is 1.63 bits per heavy atom. The summed E-state index contributed by atoms with van der Waals surface area (Å²) >= 11 is 0. The van der Waals surface area contributed by atoms with Gasteiger partial charge >= 0.3 is 54.9 Å². The second-order valence-electron chi connectivity index (χ2n) is 5.71. The molecule has 1 aliphatic heterocycles. The summed E-state index contributed by atoms with van der Waals surface area (Å²) in [6, 6.07) is 20.4. The Balaban J connectivity index is 0.00000121. The number of ether oxygens (including phenoxy) is 1. The number of aromatic hydroxyl groups is 2. The SMILES string of the molecule is O=C1OC(c2ccc(O)cc2)(c2ccc(O)cc2)c2ccccc21.[Ba+2].[Cl-].[Cl-]. The van der Waals surface area contributed by atoms with Crippen LogP contribution in [0.25, 0.3) is 0 Å². The van der Waals surface area contributed by atoms with Crippen molar-refractivity contribution in [3.8, 4) is 11.5 Å². The summed E-state index contributed by atoms with van der Waals surface area (Å²) < 4.78 is 5.87. The molecule has 0 fully saturated rings. The molecule has 2 N–H and O–H groups in total. The summed E-state index contributed by atoms with van der Waals surface area (Å²) in [7, 11) is 0. The molecule has 3 aromatic carbocycles. The maximum atomic E-state index is 12.4. The first kappa shape index (κ1) is 23.9. The van der Waals surface area contributed by atoms with Crippen molar-refractivity contribution in [3.05, 3.63) is 95.1 Å². The zero-order chi connectivity index (χ0) is 16.7. The van der Waals surface area contributed by atoms with Crippen LogP contribution in [-0.4, -0.2) is 65.1 Å². The summed E-state index contributed by atoms with van der Waals surface area (Å²) in [4.78, 5) is 12.4. The fourth-order valence-electron chi connectivity index (χ4n) is 3.20. The van der Waals surface area contributed by atoms with E-state index in [1.807, 2.05) is 12.1 Å². The van der Waals surface area contributed by atoms with Crippen LogP contribution >= 0.6 is 0 Å². The average Bonchev–Trinajstić information content (AvgIpc) is 2.91. The van der Waals surface area contributed by atoms with Crippen molar-refractivity contribution in [2.45, 2.75) is 5.60 Å². The molecule has 3 aromatic rings. The number of carbonyl (C=O) groups excluding carboxylic acids is 1. The maximum Gasteiger partial charge on any atom is 2.00 e. The van der Waals surface area contributed by atoms with E-state index in [-0.39, 0.29) is 85.2 Å². The van der Waals surface area contributed by atoms with Crippen molar-refractivity contribution in [2.75, 3.05) is 0 Å². The first-order valence-electron chi connectivity index (χ1n) is 7.53.